The van der Waals surface area contributed by atoms with Crippen LogP contribution in [0.25, 0.3) is 0 Å². The summed E-state index contributed by atoms with van der Waals surface area (Å²) in [6, 6.07) is 0. The summed E-state index contributed by atoms with van der Waals surface area (Å²) in [4.78, 5) is 0. The molecule has 0 aliphatic rings. The minimum absolute atomic E-state index is 0.648. The summed E-state index contributed by atoms with van der Waals surface area (Å²) >= 11 is 3.34. The second-order valence-corrected chi connectivity index (χ2v) is 4.64. The molecule has 0 atom stereocenters. The Morgan fingerprint density at radius 2 is 1.87 bits per heavy atom. The molecular weight excluding hydrogens is 258 g/mol. The van der Waals surface area contributed by atoms with Gasteiger partial charge in [-0.15, -0.1) is 5.10 Å². The molecule has 0 spiro atoms. The van der Waals surface area contributed by atoms with Crippen LogP contribution in [0.2, 0.25) is 0 Å². The van der Waals surface area contributed by atoms with Crippen molar-refractivity contribution in [3.63, 3.8) is 0 Å². The summed E-state index contributed by atoms with van der Waals surface area (Å²) in [5.74, 6) is 0. The molecule has 0 fully saturated rings. The minimum Gasteiger partial charge on any atom is -0.383 e. The highest BCUT2D eigenvalue weighted by atomic mass is 79.9. The van der Waals surface area contributed by atoms with Crippen molar-refractivity contribution in [1.29, 1.82) is 0 Å². The third-order valence-electron chi connectivity index (χ3n) is 2.55. The van der Waals surface area contributed by atoms with Gasteiger partial charge in [0, 0.05) is 7.05 Å². The summed E-state index contributed by atoms with van der Waals surface area (Å²) in [5, 5.41) is 18.4. The first kappa shape index (κ1) is 12.6. The van der Waals surface area contributed by atoms with Gasteiger partial charge in [0.1, 0.15) is 11.3 Å². The number of rotatable bonds is 5. The van der Waals surface area contributed by atoms with Crippen LogP contribution in [0.5, 0.6) is 0 Å². The number of hydrogen-bond donors (Lipinski definition) is 1. The SMILES string of the molecule is CCCC(O)(CCC)c1c(Br)nnn1C. The van der Waals surface area contributed by atoms with Gasteiger partial charge in [-0.2, -0.15) is 0 Å². The maximum Gasteiger partial charge on any atom is 0.154 e. The van der Waals surface area contributed by atoms with Crippen molar-refractivity contribution in [3.05, 3.63) is 10.3 Å². The Hall–Kier alpha value is -0.420. The highest BCUT2D eigenvalue weighted by molar-refractivity contribution is 9.10. The smallest absolute Gasteiger partial charge is 0.154 e. The molecule has 5 heteroatoms. The van der Waals surface area contributed by atoms with E-state index in [4.69, 9.17) is 0 Å². The zero-order valence-corrected chi connectivity index (χ0v) is 11.1. The molecular formula is C10H18BrN3O. The molecule has 0 aliphatic carbocycles. The number of aliphatic hydroxyl groups is 1. The van der Waals surface area contributed by atoms with Crippen LogP contribution in [0, 0.1) is 0 Å². The molecule has 1 heterocycles. The van der Waals surface area contributed by atoms with E-state index in [0.29, 0.717) is 4.60 Å². The van der Waals surface area contributed by atoms with Gasteiger partial charge >= 0.3 is 0 Å². The second kappa shape index (κ2) is 5.07. The van der Waals surface area contributed by atoms with Gasteiger partial charge in [-0.05, 0) is 28.8 Å². The maximum absolute atomic E-state index is 10.6. The van der Waals surface area contributed by atoms with E-state index < -0.39 is 5.60 Å². The fourth-order valence-corrected chi connectivity index (χ4v) is 2.71. The molecule has 15 heavy (non-hydrogen) atoms. The van der Waals surface area contributed by atoms with Crippen molar-refractivity contribution in [2.24, 2.45) is 7.05 Å². The van der Waals surface area contributed by atoms with Crippen molar-refractivity contribution >= 4 is 15.9 Å². The quantitative estimate of drug-likeness (QED) is 0.898. The first-order valence-corrected chi connectivity index (χ1v) is 6.12. The van der Waals surface area contributed by atoms with Gasteiger partial charge < -0.3 is 5.11 Å². The third-order valence-corrected chi connectivity index (χ3v) is 3.09. The fraction of sp³-hybridized carbons (Fsp3) is 0.800. The van der Waals surface area contributed by atoms with Crippen molar-refractivity contribution in [1.82, 2.24) is 15.0 Å². The van der Waals surface area contributed by atoms with E-state index in [9.17, 15) is 5.11 Å². The summed E-state index contributed by atoms with van der Waals surface area (Å²) in [5.41, 5.74) is -0.0215. The number of hydrogen-bond acceptors (Lipinski definition) is 3. The van der Waals surface area contributed by atoms with Gasteiger partial charge in [0.15, 0.2) is 4.60 Å². The van der Waals surface area contributed by atoms with Gasteiger partial charge in [0.05, 0.1) is 0 Å². The summed E-state index contributed by atoms with van der Waals surface area (Å²) in [7, 11) is 1.81. The van der Waals surface area contributed by atoms with Gasteiger partial charge in [-0.25, -0.2) is 4.68 Å². The molecule has 86 valence electrons. The lowest BCUT2D eigenvalue weighted by Gasteiger charge is -2.27. The zero-order valence-electron chi connectivity index (χ0n) is 9.50. The molecule has 0 unspecified atom stereocenters. The molecule has 0 amide bonds. The Kier molecular flexibility index (Phi) is 4.28. The Labute approximate surface area is 98.8 Å². The molecule has 0 saturated carbocycles. The van der Waals surface area contributed by atoms with Crippen LogP contribution >= 0.6 is 15.9 Å². The van der Waals surface area contributed by atoms with Crippen LogP contribution < -0.4 is 0 Å². The summed E-state index contributed by atoms with van der Waals surface area (Å²) in [6.45, 7) is 4.14. The van der Waals surface area contributed by atoms with E-state index in [0.717, 1.165) is 31.4 Å². The average Bonchev–Trinajstić information content (AvgIpc) is 2.47. The predicted molar refractivity (Wildman–Crippen MR) is 62.4 cm³/mol. The van der Waals surface area contributed by atoms with E-state index in [1.54, 1.807) is 4.68 Å². The van der Waals surface area contributed by atoms with Crippen LogP contribution in [0.4, 0.5) is 0 Å². The molecule has 0 aliphatic heterocycles. The molecule has 0 radical (unpaired) electrons. The Bertz CT molecular complexity index is 299. The Morgan fingerprint density at radius 1 is 1.33 bits per heavy atom. The van der Waals surface area contributed by atoms with Crippen molar-refractivity contribution < 1.29 is 5.11 Å². The zero-order chi connectivity index (χ0) is 11.5. The number of nitrogens with zero attached hydrogens (tertiary/aromatic N) is 3. The minimum atomic E-state index is -0.805. The first-order chi connectivity index (χ1) is 7.05. The maximum atomic E-state index is 10.6. The topological polar surface area (TPSA) is 50.9 Å². The number of halogens is 1. The Morgan fingerprint density at radius 3 is 2.20 bits per heavy atom. The predicted octanol–water partition coefficient (Wildman–Crippen LogP) is 2.37. The van der Waals surface area contributed by atoms with Gasteiger partial charge in [-0.1, -0.05) is 31.9 Å². The van der Waals surface area contributed by atoms with Crippen molar-refractivity contribution in [2.45, 2.75) is 45.1 Å². The average molecular weight is 276 g/mol. The number of aromatic nitrogens is 3. The van der Waals surface area contributed by atoms with Crippen LogP contribution in [0.3, 0.4) is 0 Å². The van der Waals surface area contributed by atoms with E-state index >= 15 is 0 Å². The Balaban J connectivity index is 3.08. The van der Waals surface area contributed by atoms with E-state index in [1.807, 2.05) is 7.05 Å². The van der Waals surface area contributed by atoms with E-state index in [-0.39, 0.29) is 0 Å². The molecule has 1 N–H and O–H groups in total. The van der Waals surface area contributed by atoms with Gasteiger partial charge in [-0.3, -0.25) is 0 Å². The van der Waals surface area contributed by atoms with Crippen LogP contribution in [-0.4, -0.2) is 20.1 Å². The van der Waals surface area contributed by atoms with Crippen LogP contribution in [0.15, 0.2) is 4.60 Å². The summed E-state index contributed by atoms with van der Waals surface area (Å²) in [6.07, 6.45) is 3.35. The first-order valence-electron chi connectivity index (χ1n) is 5.33. The van der Waals surface area contributed by atoms with E-state index in [2.05, 4.69) is 40.1 Å². The third kappa shape index (κ3) is 2.58. The molecule has 0 bridgehead atoms. The molecule has 0 saturated heterocycles. The standard InChI is InChI=1S/C10H18BrN3O/c1-4-6-10(15,7-5-2)8-9(11)12-13-14(8)3/h15H,4-7H2,1-3H3. The lowest BCUT2D eigenvalue weighted by atomic mass is 9.89. The molecule has 1 rings (SSSR count). The molecule has 4 nitrogen and oxygen atoms in total. The van der Waals surface area contributed by atoms with Crippen LogP contribution in [0.1, 0.15) is 45.2 Å². The monoisotopic (exact) mass is 275 g/mol. The van der Waals surface area contributed by atoms with Gasteiger partial charge in [0.25, 0.3) is 0 Å². The summed E-state index contributed by atoms with van der Waals surface area (Å²) < 4.78 is 2.30. The second-order valence-electron chi connectivity index (χ2n) is 3.88. The molecule has 1 aromatic rings. The normalized spacial score (nSPS) is 12.1. The van der Waals surface area contributed by atoms with Crippen LogP contribution in [-0.2, 0) is 12.6 Å². The molecule has 1 aromatic heterocycles. The highest BCUT2D eigenvalue weighted by Crippen LogP contribution is 2.34. The van der Waals surface area contributed by atoms with E-state index in [1.165, 1.54) is 0 Å². The van der Waals surface area contributed by atoms with Gasteiger partial charge in [0.2, 0.25) is 0 Å². The lowest BCUT2D eigenvalue weighted by molar-refractivity contribution is 0.00844. The highest BCUT2D eigenvalue weighted by Gasteiger charge is 2.33. The van der Waals surface area contributed by atoms with Crippen molar-refractivity contribution in [3.8, 4) is 0 Å². The largest absolute Gasteiger partial charge is 0.383 e. The number of aryl methyl sites for hydroxylation is 1. The lowest BCUT2D eigenvalue weighted by Crippen LogP contribution is -2.28. The fourth-order valence-electron chi connectivity index (χ4n) is 2.01. The van der Waals surface area contributed by atoms with Crippen molar-refractivity contribution in [2.75, 3.05) is 0 Å². The molecule has 0 aromatic carbocycles.